The molecule has 0 fully saturated rings. The van der Waals surface area contributed by atoms with Crippen LogP contribution in [0.1, 0.15) is 31.1 Å². The van der Waals surface area contributed by atoms with E-state index in [2.05, 4.69) is 15.7 Å². The molecule has 2 rings (SSSR count). The fourth-order valence-electron chi connectivity index (χ4n) is 2.66. The van der Waals surface area contributed by atoms with E-state index in [-0.39, 0.29) is 5.91 Å². The normalized spacial score (nSPS) is 11.7. The summed E-state index contributed by atoms with van der Waals surface area (Å²) >= 11 is 0. The van der Waals surface area contributed by atoms with Crippen molar-refractivity contribution in [3.8, 4) is 0 Å². The molecule has 1 aromatic carbocycles. The van der Waals surface area contributed by atoms with E-state index in [1.165, 1.54) is 0 Å². The summed E-state index contributed by atoms with van der Waals surface area (Å²) in [5, 5.41) is 9.72. The SMILES string of the molecule is CCN(CC)C(=O)[C@H](NC(=O)Nc1cc(C)nn1C)c1ccccc1. The number of hydrogen-bond donors (Lipinski definition) is 2. The first-order chi connectivity index (χ1) is 12.0. The van der Waals surface area contributed by atoms with Gasteiger partial charge in [0.25, 0.3) is 0 Å². The number of hydrogen-bond acceptors (Lipinski definition) is 3. The van der Waals surface area contributed by atoms with Crippen LogP contribution in [0.4, 0.5) is 10.6 Å². The fraction of sp³-hybridized carbons (Fsp3) is 0.389. The summed E-state index contributed by atoms with van der Waals surface area (Å²) in [6.07, 6.45) is 0. The molecule has 7 heteroatoms. The van der Waals surface area contributed by atoms with E-state index in [4.69, 9.17) is 0 Å². The number of nitrogens with one attached hydrogen (secondary N) is 2. The minimum Gasteiger partial charge on any atom is -0.341 e. The lowest BCUT2D eigenvalue weighted by atomic mass is 10.1. The number of anilines is 1. The van der Waals surface area contributed by atoms with Crippen molar-refractivity contribution in [1.82, 2.24) is 20.0 Å². The number of urea groups is 1. The summed E-state index contributed by atoms with van der Waals surface area (Å²) in [5.41, 5.74) is 1.55. The predicted octanol–water partition coefficient (Wildman–Crippen LogP) is 2.46. The zero-order chi connectivity index (χ0) is 18.4. The first-order valence-electron chi connectivity index (χ1n) is 8.38. The van der Waals surface area contributed by atoms with Crippen molar-refractivity contribution in [2.24, 2.45) is 7.05 Å². The maximum Gasteiger partial charge on any atom is 0.321 e. The van der Waals surface area contributed by atoms with E-state index in [9.17, 15) is 9.59 Å². The maximum absolute atomic E-state index is 12.8. The van der Waals surface area contributed by atoms with E-state index in [0.29, 0.717) is 18.9 Å². The van der Waals surface area contributed by atoms with Gasteiger partial charge in [0.05, 0.1) is 5.69 Å². The Morgan fingerprint density at radius 2 is 1.84 bits per heavy atom. The molecule has 1 atom stereocenters. The third kappa shape index (κ3) is 4.59. The molecule has 0 saturated heterocycles. The van der Waals surface area contributed by atoms with Gasteiger partial charge in [0.2, 0.25) is 5.91 Å². The van der Waals surface area contributed by atoms with Crippen LogP contribution in [0, 0.1) is 6.92 Å². The van der Waals surface area contributed by atoms with Crippen molar-refractivity contribution in [1.29, 1.82) is 0 Å². The van der Waals surface area contributed by atoms with Gasteiger partial charge in [-0.3, -0.25) is 14.8 Å². The van der Waals surface area contributed by atoms with Gasteiger partial charge >= 0.3 is 6.03 Å². The standard InChI is InChI=1S/C18H25N5O2/c1-5-23(6-2)17(24)16(14-10-8-7-9-11-14)20-18(25)19-15-12-13(3)21-22(15)4/h7-12,16H,5-6H2,1-4H3,(H2,19,20,25)/t16-/m1/s1. The van der Waals surface area contributed by atoms with E-state index >= 15 is 0 Å². The van der Waals surface area contributed by atoms with Crippen molar-refractivity contribution in [2.45, 2.75) is 26.8 Å². The highest BCUT2D eigenvalue weighted by Gasteiger charge is 2.26. The molecule has 0 aliphatic rings. The number of amides is 3. The average molecular weight is 343 g/mol. The molecule has 0 radical (unpaired) electrons. The Kier molecular flexibility index (Phi) is 6.16. The van der Waals surface area contributed by atoms with E-state index < -0.39 is 12.1 Å². The van der Waals surface area contributed by atoms with Crippen LogP contribution < -0.4 is 10.6 Å². The van der Waals surface area contributed by atoms with Crippen LogP contribution in [0.15, 0.2) is 36.4 Å². The van der Waals surface area contributed by atoms with Gasteiger partial charge < -0.3 is 10.2 Å². The number of benzene rings is 1. The lowest BCUT2D eigenvalue weighted by Crippen LogP contribution is -2.44. The Morgan fingerprint density at radius 1 is 1.20 bits per heavy atom. The smallest absolute Gasteiger partial charge is 0.321 e. The Hall–Kier alpha value is -2.83. The molecule has 3 amide bonds. The highest BCUT2D eigenvalue weighted by Crippen LogP contribution is 2.16. The Morgan fingerprint density at radius 3 is 2.36 bits per heavy atom. The third-order valence-electron chi connectivity index (χ3n) is 3.97. The minimum absolute atomic E-state index is 0.132. The number of aryl methyl sites for hydroxylation is 2. The van der Waals surface area contributed by atoms with E-state index in [1.807, 2.05) is 51.1 Å². The molecular formula is C18H25N5O2. The van der Waals surface area contributed by atoms with Gasteiger partial charge in [-0.25, -0.2) is 4.79 Å². The first-order valence-corrected chi connectivity index (χ1v) is 8.38. The van der Waals surface area contributed by atoms with Crippen molar-refractivity contribution < 1.29 is 9.59 Å². The van der Waals surface area contributed by atoms with Crippen molar-refractivity contribution in [3.63, 3.8) is 0 Å². The molecule has 2 N–H and O–H groups in total. The van der Waals surface area contributed by atoms with Crippen LogP contribution in [0.25, 0.3) is 0 Å². The van der Waals surface area contributed by atoms with Crippen LogP contribution in [-0.4, -0.2) is 39.7 Å². The van der Waals surface area contributed by atoms with Crippen LogP contribution >= 0.6 is 0 Å². The summed E-state index contributed by atoms with van der Waals surface area (Å²) in [4.78, 5) is 27.0. The summed E-state index contributed by atoms with van der Waals surface area (Å²) in [7, 11) is 1.75. The van der Waals surface area contributed by atoms with Crippen molar-refractivity contribution in [2.75, 3.05) is 18.4 Å². The minimum atomic E-state index is -0.740. The Bertz CT molecular complexity index is 722. The lowest BCUT2D eigenvalue weighted by Gasteiger charge is -2.26. The lowest BCUT2D eigenvalue weighted by molar-refractivity contribution is -0.132. The molecule has 1 heterocycles. The Labute approximate surface area is 148 Å². The first kappa shape index (κ1) is 18.5. The van der Waals surface area contributed by atoms with E-state index in [1.54, 1.807) is 22.7 Å². The second-order valence-electron chi connectivity index (χ2n) is 5.75. The van der Waals surface area contributed by atoms with Crippen molar-refractivity contribution >= 4 is 17.8 Å². The molecule has 0 aliphatic heterocycles. The maximum atomic E-state index is 12.8. The van der Waals surface area contributed by atoms with Gasteiger partial charge in [-0.1, -0.05) is 30.3 Å². The molecule has 0 aliphatic carbocycles. The van der Waals surface area contributed by atoms with Gasteiger partial charge in [0, 0.05) is 26.2 Å². The molecule has 0 spiro atoms. The highest BCUT2D eigenvalue weighted by atomic mass is 16.2. The molecule has 0 bridgehead atoms. The van der Waals surface area contributed by atoms with Crippen LogP contribution in [0.5, 0.6) is 0 Å². The highest BCUT2D eigenvalue weighted by molar-refractivity contribution is 5.93. The van der Waals surface area contributed by atoms with E-state index in [0.717, 1.165) is 11.3 Å². The van der Waals surface area contributed by atoms with Crippen molar-refractivity contribution in [3.05, 3.63) is 47.7 Å². The second-order valence-corrected chi connectivity index (χ2v) is 5.75. The molecule has 0 saturated carbocycles. The Balaban J connectivity index is 2.19. The number of carbonyl (C=O) groups is 2. The zero-order valence-electron chi connectivity index (χ0n) is 15.1. The van der Waals surface area contributed by atoms with Gasteiger partial charge in [-0.15, -0.1) is 0 Å². The van der Waals surface area contributed by atoms with Crippen LogP contribution in [-0.2, 0) is 11.8 Å². The van der Waals surface area contributed by atoms with Gasteiger partial charge in [-0.05, 0) is 26.3 Å². The van der Waals surface area contributed by atoms with Crippen LogP contribution in [0.2, 0.25) is 0 Å². The molecule has 7 nitrogen and oxygen atoms in total. The average Bonchev–Trinajstić information content (AvgIpc) is 2.91. The number of nitrogens with zero attached hydrogens (tertiary/aromatic N) is 3. The monoisotopic (exact) mass is 343 g/mol. The zero-order valence-corrected chi connectivity index (χ0v) is 15.1. The molecule has 25 heavy (non-hydrogen) atoms. The summed E-state index contributed by atoms with van der Waals surface area (Å²) < 4.78 is 1.58. The summed E-state index contributed by atoms with van der Waals surface area (Å²) in [5.74, 6) is 0.435. The molecule has 1 aromatic heterocycles. The number of likely N-dealkylation sites (N-methyl/N-ethyl adjacent to an activating group) is 1. The molecule has 134 valence electrons. The number of aromatic nitrogens is 2. The number of carbonyl (C=O) groups excluding carboxylic acids is 2. The third-order valence-corrected chi connectivity index (χ3v) is 3.97. The second kappa shape index (κ2) is 8.32. The van der Waals surface area contributed by atoms with Gasteiger partial charge in [0.15, 0.2) is 0 Å². The summed E-state index contributed by atoms with van der Waals surface area (Å²) in [6, 6.07) is 9.82. The molecular weight excluding hydrogens is 318 g/mol. The topological polar surface area (TPSA) is 79.3 Å². The predicted molar refractivity (Wildman–Crippen MR) is 97.2 cm³/mol. The number of rotatable bonds is 6. The molecule has 2 aromatic rings. The molecule has 0 unspecified atom stereocenters. The van der Waals surface area contributed by atoms with Crippen LogP contribution in [0.3, 0.4) is 0 Å². The fourth-order valence-corrected chi connectivity index (χ4v) is 2.66. The quantitative estimate of drug-likeness (QED) is 0.845. The summed E-state index contributed by atoms with van der Waals surface area (Å²) in [6.45, 7) is 6.86. The van der Waals surface area contributed by atoms with Gasteiger partial charge in [0.1, 0.15) is 11.9 Å². The van der Waals surface area contributed by atoms with Gasteiger partial charge in [-0.2, -0.15) is 5.10 Å². The largest absolute Gasteiger partial charge is 0.341 e.